The van der Waals surface area contributed by atoms with E-state index in [2.05, 4.69) is 30.6 Å². The molecule has 0 aromatic carbocycles. The Hall–Kier alpha value is -0.660. The Morgan fingerprint density at radius 1 is 0.781 bits per heavy atom. The van der Waals surface area contributed by atoms with E-state index < -0.39 is 22.0 Å². The number of nitrogens with one attached hydrogen (secondary N) is 1. The van der Waals surface area contributed by atoms with Crippen molar-refractivity contribution in [3.63, 3.8) is 0 Å². The number of carbonyl (C=O) groups is 1. The van der Waals surface area contributed by atoms with Gasteiger partial charge in [-0.05, 0) is 39.9 Å². The molecule has 6 nitrogen and oxygen atoms in total. The highest BCUT2D eigenvalue weighted by Gasteiger charge is 2.20. The number of hydrogen-bond donors (Lipinski definition) is 2. The minimum Gasteiger partial charge on any atom is -0.481 e. The van der Waals surface area contributed by atoms with Crippen molar-refractivity contribution in [3.05, 3.63) is 0 Å². The maximum atomic E-state index is 12.4. The van der Waals surface area contributed by atoms with Gasteiger partial charge in [0, 0.05) is 6.04 Å². The molecule has 192 valence electrons. The fraction of sp³-hybridized carbons (Fsp3) is 0.960. The second-order valence-electron chi connectivity index (χ2n) is 9.63. The molecule has 0 saturated heterocycles. The largest absolute Gasteiger partial charge is 0.481 e. The van der Waals surface area contributed by atoms with Gasteiger partial charge in [0.15, 0.2) is 0 Å². The molecule has 0 fully saturated rings. The SMILES string of the molecule is CCCCCCCCCC(CC(=O)O)NS(=O)(=O)CCCCCCCCCCCN(C)C. The lowest BCUT2D eigenvalue weighted by Gasteiger charge is -2.17. The van der Waals surface area contributed by atoms with Gasteiger partial charge >= 0.3 is 5.97 Å². The summed E-state index contributed by atoms with van der Waals surface area (Å²) in [6.45, 7) is 3.35. The zero-order valence-corrected chi connectivity index (χ0v) is 22.1. The molecule has 0 heterocycles. The fourth-order valence-corrected chi connectivity index (χ4v) is 5.44. The molecular formula is C25H52N2O4S. The molecule has 32 heavy (non-hydrogen) atoms. The minimum atomic E-state index is -3.41. The molecule has 0 aliphatic heterocycles. The van der Waals surface area contributed by atoms with Gasteiger partial charge in [-0.2, -0.15) is 0 Å². The van der Waals surface area contributed by atoms with Crippen LogP contribution in [-0.4, -0.2) is 56.8 Å². The van der Waals surface area contributed by atoms with Crippen molar-refractivity contribution >= 4 is 16.0 Å². The van der Waals surface area contributed by atoms with Gasteiger partial charge in [0.05, 0.1) is 12.2 Å². The molecule has 0 rings (SSSR count). The lowest BCUT2D eigenvalue weighted by molar-refractivity contribution is -0.137. The summed E-state index contributed by atoms with van der Waals surface area (Å²) >= 11 is 0. The van der Waals surface area contributed by atoms with Crippen LogP contribution in [0.4, 0.5) is 0 Å². The van der Waals surface area contributed by atoms with Crippen molar-refractivity contribution in [1.29, 1.82) is 0 Å². The number of sulfonamides is 1. The maximum Gasteiger partial charge on any atom is 0.304 e. The maximum absolute atomic E-state index is 12.4. The first-order valence-corrected chi connectivity index (χ1v) is 14.8. The Morgan fingerprint density at radius 2 is 1.25 bits per heavy atom. The Bertz CT molecular complexity index is 538. The van der Waals surface area contributed by atoms with E-state index in [1.807, 2.05) is 0 Å². The molecule has 1 unspecified atom stereocenters. The average molecular weight is 477 g/mol. The minimum absolute atomic E-state index is 0.102. The van der Waals surface area contributed by atoms with Gasteiger partial charge in [-0.3, -0.25) is 4.79 Å². The average Bonchev–Trinajstić information content (AvgIpc) is 2.70. The molecule has 0 aliphatic carbocycles. The lowest BCUT2D eigenvalue weighted by Crippen LogP contribution is -2.37. The first-order valence-electron chi connectivity index (χ1n) is 13.1. The van der Waals surface area contributed by atoms with E-state index in [1.54, 1.807) is 0 Å². The molecule has 1 atom stereocenters. The van der Waals surface area contributed by atoms with Crippen molar-refractivity contribution in [3.8, 4) is 0 Å². The number of nitrogens with zero attached hydrogens (tertiary/aromatic N) is 1. The quantitative estimate of drug-likeness (QED) is 0.168. The van der Waals surface area contributed by atoms with E-state index in [1.165, 1.54) is 64.2 Å². The highest BCUT2D eigenvalue weighted by Crippen LogP contribution is 2.13. The van der Waals surface area contributed by atoms with Crippen LogP contribution in [0.5, 0.6) is 0 Å². The van der Waals surface area contributed by atoms with Gasteiger partial charge in [0.2, 0.25) is 10.0 Å². The van der Waals surface area contributed by atoms with Gasteiger partial charge in [-0.15, -0.1) is 0 Å². The van der Waals surface area contributed by atoms with Crippen LogP contribution >= 0.6 is 0 Å². The van der Waals surface area contributed by atoms with Crippen LogP contribution in [0.2, 0.25) is 0 Å². The van der Waals surface area contributed by atoms with Gasteiger partial charge in [0.25, 0.3) is 0 Å². The summed E-state index contributed by atoms with van der Waals surface area (Å²) < 4.78 is 27.5. The summed E-state index contributed by atoms with van der Waals surface area (Å²) in [6, 6.07) is -0.486. The van der Waals surface area contributed by atoms with E-state index in [-0.39, 0.29) is 12.2 Å². The third kappa shape index (κ3) is 22.5. The van der Waals surface area contributed by atoms with Crippen molar-refractivity contribution in [2.24, 2.45) is 0 Å². The summed E-state index contributed by atoms with van der Waals surface area (Å²) in [5.74, 6) is -0.840. The van der Waals surface area contributed by atoms with Crippen LogP contribution in [-0.2, 0) is 14.8 Å². The normalized spacial score (nSPS) is 13.0. The molecule has 7 heteroatoms. The summed E-state index contributed by atoms with van der Waals surface area (Å²) in [5.41, 5.74) is 0. The second kappa shape index (κ2) is 20.9. The van der Waals surface area contributed by atoms with Crippen LogP contribution in [0.1, 0.15) is 122 Å². The van der Waals surface area contributed by atoms with Crippen LogP contribution in [0, 0.1) is 0 Å². The van der Waals surface area contributed by atoms with E-state index in [0.717, 1.165) is 38.6 Å². The third-order valence-electron chi connectivity index (χ3n) is 5.94. The molecule has 0 radical (unpaired) electrons. The highest BCUT2D eigenvalue weighted by atomic mass is 32.2. The van der Waals surface area contributed by atoms with Crippen molar-refractivity contribution < 1.29 is 18.3 Å². The fourth-order valence-electron chi connectivity index (χ4n) is 4.03. The number of rotatable bonds is 24. The third-order valence-corrected chi connectivity index (χ3v) is 7.46. The molecule has 0 aromatic heterocycles. The Morgan fingerprint density at radius 3 is 1.75 bits per heavy atom. The Kier molecular flexibility index (Phi) is 20.5. The van der Waals surface area contributed by atoms with Crippen molar-refractivity contribution in [2.75, 3.05) is 26.4 Å². The topological polar surface area (TPSA) is 86.7 Å². The predicted molar refractivity (Wildman–Crippen MR) is 136 cm³/mol. The number of carboxylic acids is 1. The van der Waals surface area contributed by atoms with Crippen LogP contribution < -0.4 is 4.72 Å². The number of aliphatic carboxylic acids is 1. The van der Waals surface area contributed by atoms with Crippen molar-refractivity contribution in [1.82, 2.24) is 9.62 Å². The van der Waals surface area contributed by atoms with Crippen molar-refractivity contribution in [2.45, 2.75) is 129 Å². The second-order valence-corrected chi connectivity index (χ2v) is 11.5. The first-order chi connectivity index (χ1) is 15.3. The van der Waals surface area contributed by atoms with Gasteiger partial charge in [-0.25, -0.2) is 13.1 Å². The van der Waals surface area contributed by atoms with Crippen LogP contribution in [0.15, 0.2) is 0 Å². The molecular weight excluding hydrogens is 424 g/mol. The standard InChI is InChI=1S/C25H52N2O4S/c1-4-5-6-7-11-14-17-20-24(23-25(28)29)26-32(30,31)22-19-16-13-10-8-9-12-15-18-21-27(2)3/h24,26H,4-23H2,1-3H3,(H,28,29). The van der Waals surface area contributed by atoms with E-state index in [4.69, 9.17) is 5.11 Å². The Balaban J connectivity index is 3.91. The zero-order chi connectivity index (χ0) is 24.1. The zero-order valence-electron chi connectivity index (χ0n) is 21.2. The lowest BCUT2D eigenvalue weighted by atomic mass is 10.0. The summed E-state index contributed by atoms with van der Waals surface area (Å²) in [5, 5.41) is 9.13. The van der Waals surface area contributed by atoms with E-state index in [0.29, 0.717) is 12.8 Å². The monoisotopic (exact) mass is 476 g/mol. The number of carboxylic acid groups (broad SMARTS) is 1. The molecule has 0 aliphatic rings. The molecule has 0 spiro atoms. The molecule has 0 amide bonds. The van der Waals surface area contributed by atoms with Gasteiger partial charge in [-0.1, -0.05) is 96.8 Å². The highest BCUT2D eigenvalue weighted by molar-refractivity contribution is 7.89. The van der Waals surface area contributed by atoms with Crippen LogP contribution in [0.3, 0.4) is 0 Å². The summed E-state index contributed by atoms with van der Waals surface area (Å²) in [6.07, 6.45) is 18.6. The predicted octanol–water partition coefficient (Wildman–Crippen LogP) is 5.96. The smallest absolute Gasteiger partial charge is 0.304 e. The van der Waals surface area contributed by atoms with Crippen LogP contribution in [0.25, 0.3) is 0 Å². The molecule has 0 saturated carbocycles. The summed E-state index contributed by atoms with van der Waals surface area (Å²) in [7, 11) is 0.806. The number of unbranched alkanes of at least 4 members (excludes halogenated alkanes) is 14. The molecule has 0 aromatic rings. The summed E-state index contributed by atoms with van der Waals surface area (Å²) in [4.78, 5) is 13.4. The molecule has 0 bridgehead atoms. The van der Waals surface area contributed by atoms with Gasteiger partial charge < -0.3 is 10.0 Å². The van der Waals surface area contributed by atoms with E-state index >= 15 is 0 Å². The van der Waals surface area contributed by atoms with E-state index in [9.17, 15) is 13.2 Å². The Labute approximate surface area is 199 Å². The first kappa shape index (κ1) is 31.3. The molecule has 2 N–H and O–H groups in total. The van der Waals surface area contributed by atoms with Gasteiger partial charge in [0.1, 0.15) is 0 Å². The number of hydrogen-bond acceptors (Lipinski definition) is 4.